The van der Waals surface area contributed by atoms with Crippen molar-refractivity contribution >= 4 is 17.6 Å². The zero-order valence-corrected chi connectivity index (χ0v) is 11.8. The summed E-state index contributed by atoms with van der Waals surface area (Å²) in [6.07, 6.45) is 2.79. The van der Waals surface area contributed by atoms with Crippen molar-refractivity contribution in [1.82, 2.24) is 15.0 Å². The lowest BCUT2D eigenvalue weighted by Crippen LogP contribution is -2.08. The number of H-pyrrole nitrogens is 1. The van der Waals surface area contributed by atoms with E-state index >= 15 is 0 Å². The summed E-state index contributed by atoms with van der Waals surface area (Å²) >= 11 is 1.42. The number of rotatable bonds is 5. The highest BCUT2D eigenvalue weighted by Crippen LogP contribution is 2.25. The van der Waals surface area contributed by atoms with Gasteiger partial charge in [-0.05, 0) is 25.5 Å². The van der Waals surface area contributed by atoms with Crippen LogP contribution >= 0.6 is 11.8 Å². The van der Waals surface area contributed by atoms with Gasteiger partial charge in [-0.25, -0.2) is 9.97 Å². The smallest absolute Gasteiger partial charge is 0.251 e. The van der Waals surface area contributed by atoms with Crippen molar-refractivity contribution in [3.8, 4) is 0 Å². The number of aromatic amines is 1. The summed E-state index contributed by atoms with van der Waals surface area (Å²) in [6, 6.07) is 5.32. The van der Waals surface area contributed by atoms with Gasteiger partial charge in [0.15, 0.2) is 5.16 Å². The second-order valence-electron chi connectivity index (χ2n) is 4.10. The minimum Gasteiger partial charge on any atom is -0.370 e. The van der Waals surface area contributed by atoms with E-state index < -0.39 is 0 Å². The highest BCUT2D eigenvalue weighted by Gasteiger charge is 2.03. The van der Waals surface area contributed by atoms with Crippen molar-refractivity contribution in [1.29, 1.82) is 0 Å². The Kier molecular flexibility index (Phi) is 4.57. The van der Waals surface area contributed by atoms with Gasteiger partial charge in [0, 0.05) is 29.4 Å². The third-order valence-electron chi connectivity index (χ3n) is 2.35. The maximum atomic E-state index is 11.4. The van der Waals surface area contributed by atoms with E-state index in [-0.39, 0.29) is 5.56 Å². The highest BCUT2D eigenvalue weighted by atomic mass is 32.2. The molecule has 0 radical (unpaired) electrons. The number of nitrogens with one attached hydrogen (secondary N) is 2. The first-order chi connectivity index (χ1) is 9.17. The predicted molar refractivity (Wildman–Crippen MR) is 76.7 cm³/mol. The Morgan fingerprint density at radius 3 is 3.00 bits per heavy atom. The van der Waals surface area contributed by atoms with Crippen LogP contribution in [0.25, 0.3) is 0 Å². The Balaban J connectivity index is 2.16. The van der Waals surface area contributed by atoms with Crippen LogP contribution in [-0.2, 0) is 0 Å². The first-order valence-corrected chi connectivity index (χ1v) is 6.95. The van der Waals surface area contributed by atoms with Crippen molar-refractivity contribution in [2.45, 2.75) is 30.3 Å². The maximum Gasteiger partial charge on any atom is 0.251 e. The molecule has 2 heterocycles. The van der Waals surface area contributed by atoms with E-state index in [0.717, 1.165) is 23.7 Å². The monoisotopic (exact) mass is 276 g/mol. The van der Waals surface area contributed by atoms with E-state index in [1.54, 1.807) is 13.1 Å². The van der Waals surface area contributed by atoms with Crippen LogP contribution in [0.15, 0.2) is 39.2 Å². The second kappa shape index (κ2) is 6.38. The molecule has 5 nitrogen and oxygen atoms in total. The van der Waals surface area contributed by atoms with E-state index in [2.05, 4.69) is 27.2 Å². The summed E-state index contributed by atoms with van der Waals surface area (Å²) in [5.41, 5.74) is 0.582. The molecule has 0 aliphatic carbocycles. The van der Waals surface area contributed by atoms with Crippen LogP contribution in [0.2, 0.25) is 0 Å². The first kappa shape index (κ1) is 13.6. The number of anilines is 1. The molecule has 19 heavy (non-hydrogen) atoms. The summed E-state index contributed by atoms with van der Waals surface area (Å²) in [4.78, 5) is 23.6. The molecule has 0 fully saturated rings. The molecule has 0 bridgehead atoms. The molecule has 2 aromatic heterocycles. The SMILES string of the molecule is CCCNc1cc(Sc2nc(C)cc(=O)[nH]2)ccn1. The van der Waals surface area contributed by atoms with Gasteiger partial charge in [-0.3, -0.25) is 4.79 Å². The Labute approximate surface area is 115 Å². The lowest BCUT2D eigenvalue weighted by Gasteiger charge is -2.06. The molecule has 0 atom stereocenters. The van der Waals surface area contributed by atoms with Gasteiger partial charge < -0.3 is 10.3 Å². The minimum atomic E-state index is -0.131. The average molecular weight is 276 g/mol. The van der Waals surface area contributed by atoms with Crippen molar-refractivity contribution < 1.29 is 0 Å². The van der Waals surface area contributed by atoms with Crippen LogP contribution in [-0.4, -0.2) is 21.5 Å². The van der Waals surface area contributed by atoms with Crippen LogP contribution in [0, 0.1) is 6.92 Å². The lowest BCUT2D eigenvalue weighted by molar-refractivity contribution is 0.905. The molecule has 0 amide bonds. The highest BCUT2D eigenvalue weighted by molar-refractivity contribution is 7.99. The average Bonchev–Trinajstić information content (AvgIpc) is 2.35. The van der Waals surface area contributed by atoms with Gasteiger partial charge in [-0.1, -0.05) is 18.7 Å². The topological polar surface area (TPSA) is 70.7 Å². The molecule has 0 aliphatic rings. The number of aromatic nitrogens is 3. The molecule has 0 saturated heterocycles. The number of pyridine rings is 1. The number of hydrogen-bond donors (Lipinski definition) is 2. The molecule has 2 aromatic rings. The van der Waals surface area contributed by atoms with Gasteiger partial charge in [-0.15, -0.1) is 0 Å². The largest absolute Gasteiger partial charge is 0.370 e. The molecule has 0 aliphatic heterocycles. The summed E-state index contributed by atoms with van der Waals surface area (Å²) in [5, 5.41) is 3.82. The van der Waals surface area contributed by atoms with Gasteiger partial charge in [0.05, 0.1) is 0 Å². The molecule has 0 saturated carbocycles. The van der Waals surface area contributed by atoms with Crippen LogP contribution in [0.5, 0.6) is 0 Å². The fourth-order valence-electron chi connectivity index (χ4n) is 1.54. The Morgan fingerprint density at radius 2 is 2.26 bits per heavy atom. The Morgan fingerprint density at radius 1 is 1.42 bits per heavy atom. The van der Waals surface area contributed by atoms with Crippen LogP contribution in [0.1, 0.15) is 19.0 Å². The van der Waals surface area contributed by atoms with Gasteiger partial charge in [0.1, 0.15) is 5.82 Å². The van der Waals surface area contributed by atoms with Crippen molar-refractivity contribution in [3.63, 3.8) is 0 Å². The molecular formula is C13H16N4OS. The van der Waals surface area contributed by atoms with Gasteiger partial charge >= 0.3 is 0 Å². The maximum absolute atomic E-state index is 11.4. The Bertz CT molecular complexity index is 612. The molecule has 0 spiro atoms. The third kappa shape index (κ3) is 4.10. The molecular weight excluding hydrogens is 260 g/mol. The quantitative estimate of drug-likeness (QED) is 0.821. The summed E-state index contributed by atoms with van der Waals surface area (Å²) in [5.74, 6) is 0.835. The molecule has 100 valence electrons. The van der Waals surface area contributed by atoms with Gasteiger partial charge in [0.2, 0.25) is 0 Å². The fourth-order valence-corrected chi connectivity index (χ4v) is 2.40. The minimum absolute atomic E-state index is 0.131. The molecule has 2 rings (SSSR count). The molecule has 0 unspecified atom stereocenters. The van der Waals surface area contributed by atoms with Crippen LogP contribution in [0.3, 0.4) is 0 Å². The second-order valence-corrected chi connectivity index (χ2v) is 5.16. The van der Waals surface area contributed by atoms with Gasteiger partial charge in [0.25, 0.3) is 5.56 Å². The van der Waals surface area contributed by atoms with Crippen molar-refractivity contribution in [3.05, 3.63) is 40.4 Å². The third-order valence-corrected chi connectivity index (χ3v) is 3.23. The normalized spacial score (nSPS) is 10.4. The van der Waals surface area contributed by atoms with Crippen molar-refractivity contribution in [2.24, 2.45) is 0 Å². The predicted octanol–water partition coefficient (Wildman–Crippen LogP) is 2.45. The number of hydrogen-bond acceptors (Lipinski definition) is 5. The number of aryl methyl sites for hydroxylation is 1. The molecule has 2 N–H and O–H groups in total. The Hall–Kier alpha value is -1.82. The van der Waals surface area contributed by atoms with Gasteiger partial charge in [-0.2, -0.15) is 0 Å². The van der Waals surface area contributed by atoms with Crippen LogP contribution in [0.4, 0.5) is 5.82 Å². The van der Waals surface area contributed by atoms with E-state index in [0.29, 0.717) is 10.9 Å². The standard InChI is InChI=1S/C13H16N4OS/c1-3-5-14-11-8-10(4-6-15-11)19-13-16-9(2)7-12(18)17-13/h4,6-8H,3,5H2,1-2H3,(H,14,15)(H,16,17,18). The molecule has 0 aromatic carbocycles. The van der Waals surface area contributed by atoms with E-state index in [4.69, 9.17) is 0 Å². The first-order valence-electron chi connectivity index (χ1n) is 6.13. The zero-order chi connectivity index (χ0) is 13.7. The summed E-state index contributed by atoms with van der Waals surface area (Å²) < 4.78 is 0. The lowest BCUT2D eigenvalue weighted by atomic mass is 10.4. The summed E-state index contributed by atoms with van der Waals surface area (Å²) in [6.45, 7) is 4.80. The van der Waals surface area contributed by atoms with Crippen LogP contribution < -0.4 is 10.9 Å². The fraction of sp³-hybridized carbons (Fsp3) is 0.308. The zero-order valence-electron chi connectivity index (χ0n) is 10.9. The number of nitrogens with zero attached hydrogens (tertiary/aromatic N) is 2. The van der Waals surface area contributed by atoms with E-state index in [1.807, 2.05) is 12.1 Å². The molecule has 6 heteroatoms. The summed E-state index contributed by atoms with van der Waals surface area (Å²) in [7, 11) is 0. The van der Waals surface area contributed by atoms with E-state index in [1.165, 1.54) is 17.8 Å². The van der Waals surface area contributed by atoms with Crippen molar-refractivity contribution in [2.75, 3.05) is 11.9 Å². The van der Waals surface area contributed by atoms with E-state index in [9.17, 15) is 4.79 Å².